The first-order valence-electron chi connectivity index (χ1n) is 8.90. The van der Waals surface area contributed by atoms with Crippen molar-refractivity contribution in [3.8, 4) is 0 Å². The Labute approximate surface area is 130 Å². The molecule has 0 aromatic rings. The average Bonchev–Trinajstić information content (AvgIpc) is 2.60. The molecule has 0 amide bonds. The quantitative estimate of drug-likeness (QED) is 0.711. The summed E-state index contributed by atoms with van der Waals surface area (Å²) in [7, 11) is 2.71. The zero-order valence-electron chi connectivity index (χ0n) is 14.1. The lowest BCUT2D eigenvalue weighted by molar-refractivity contribution is -0.128. The smallest absolute Gasteiger partial charge is 0.122 e. The van der Waals surface area contributed by atoms with E-state index in [1.54, 1.807) is 11.3 Å². The van der Waals surface area contributed by atoms with Crippen LogP contribution in [0.3, 0.4) is 0 Å². The van der Waals surface area contributed by atoms with E-state index >= 15 is 0 Å². The molecule has 2 atom stereocenters. The van der Waals surface area contributed by atoms with Crippen LogP contribution in [0.4, 0.5) is 0 Å². The predicted molar refractivity (Wildman–Crippen MR) is 87.7 cm³/mol. The predicted octanol–water partition coefficient (Wildman–Crippen LogP) is 4.02. The number of rotatable bonds is 2. The monoisotopic (exact) mass is 286 g/mol. The Hall–Kier alpha value is -0.435. The van der Waals surface area contributed by atoms with Crippen LogP contribution in [0.2, 0.25) is 11.1 Å². The summed E-state index contributed by atoms with van der Waals surface area (Å²) in [6.45, 7) is 11.4. The molecule has 1 aliphatic carbocycles. The van der Waals surface area contributed by atoms with Crippen molar-refractivity contribution in [1.82, 2.24) is 4.90 Å². The van der Waals surface area contributed by atoms with Crippen LogP contribution in [0.15, 0.2) is 11.3 Å². The first-order valence-corrected chi connectivity index (χ1v) is 8.90. The minimum absolute atomic E-state index is 0.332. The molecule has 0 aromatic carbocycles. The van der Waals surface area contributed by atoms with Gasteiger partial charge in [0.2, 0.25) is 0 Å². The largest absolute Gasteiger partial charge is 0.376 e. The third kappa shape index (κ3) is 1.89. The first kappa shape index (κ1) is 14.2. The topological polar surface area (TPSA) is 12.5 Å². The Balaban J connectivity index is 1.63. The summed E-state index contributed by atoms with van der Waals surface area (Å²) < 4.78 is 5.63. The van der Waals surface area contributed by atoms with E-state index in [1.165, 1.54) is 32.1 Å². The van der Waals surface area contributed by atoms with E-state index < -0.39 is 0 Å². The number of fused-ring (bicyclic) bond motifs is 1. The van der Waals surface area contributed by atoms with Crippen molar-refractivity contribution in [3.63, 3.8) is 0 Å². The van der Waals surface area contributed by atoms with Gasteiger partial charge in [-0.1, -0.05) is 31.4 Å². The van der Waals surface area contributed by atoms with Crippen LogP contribution in [-0.4, -0.2) is 37.0 Å². The fourth-order valence-electron chi connectivity index (χ4n) is 5.59. The van der Waals surface area contributed by atoms with Crippen LogP contribution in [0.5, 0.6) is 0 Å². The van der Waals surface area contributed by atoms with Crippen molar-refractivity contribution in [2.24, 2.45) is 5.92 Å². The molecule has 1 spiro atoms. The SMILES string of the molecule is CC(C)N1C2=C(CC3[B]C(C(C)C)(CC2)C3)CC12COC2. The summed E-state index contributed by atoms with van der Waals surface area (Å²) in [6.07, 6.45) is 6.69. The normalized spacial score (nSPS) is 37.0. The molecular weight excluding hydrogens is 257 g/mol. The Morgan fingerprint density at radius 2 is 1.95 bits per heavy atom. The highest BCUT2D eigenvalue weighted by molar-refractivity contribution is 6.46. The lowest BCUT2D eigenvalue weighted by atomic mass is 9.27. The lowest BCUT2D eigenvalue weighted by Crippen LogP contribution is -2.61. The molecule has 3 heteroatoms. The molecule has 1 radical (unpaired) electrons. The summed E-state index contributed by atoms with van der Waals surface area (Å²) in [4.78, 5) is 2.75. The molecule has 2 saturated heterocycles. The summed E-state index contributed by atoms with van der Waals surface area (Å²) in [5.74, 6) is 1.65. The van der Waals surface area contributed by atoms with Gasteiger partial charge in [0.1, 0.15) is 7.28 Å². The minimum atomic E-state index is 0.332. The molecular formula is C18H29BNO. The molecule has 0 aromatic heterocycles. The van der Waals surface area contributed by atoms with E-state index in [4.69, 9.17) is 4.74 Å². The number of hydrogen-bond donors (Lipinski definition) is 0. The second-order valence-corrected chi connectivity index (χ2v) is 8.63. The summed E-state index contributed by atoms with van der Waals surface area (Å²) in [6, 6.07) is 0.608. The van der Waals surface area contributed by atoms with Crippen molar-refractivity contribution >= 4 is 7.28 Å². The van der Waals surface area contributed by atoms with Gasteiger partial charge in [-0.2, -0.15) is 0 Å². The van der Waals surface area contributed by atoms with Gasteiger partial charge in [0.25, 0.3) is 0 Å². The second-order valence-electron chi connectivity index (χ2n) is 8.63. The molecule has 0 N–H and O–H groups in total. The van der Waals surface area contributed by atoms with Gasteiger partial charge in [0.15, 0.2) is 0 Å². The Kier molecular flexibility index (Phi) is 3.06. The fourth-order valence-corrected chi connectivity index (χ4v) is 5.59. The zero-order valence-corrected chi connectivity index (χ0v) is 14.1. The van der Waals surface area contributed by atoms with Crippen molar-refractivity contribution in [2.45, 2.75) is 82.5 Å². The van der Waals surface area contributed by atoms with Crippen LogP contribution < -0.4 is 0 Å². The van der Waals surface area contributed by atoms with Crippen LogP contribution in [-0.2, 0) is 4.74 Å². The van der Waals surface area contributed by atoms with Crippen molar-refractivity contribution in [2.75, 3.05) is 13.2 Å². The average molecular weight is 286 g/mol. The number of ether oxygens (including phenoxy) is 1. The van der Waals surface area contributed by atoms with Crippen LogP contribution in [0, 0.1) is 5.92 Å². The summed E-state index contributed by atoms with van der Waals surface area (Å²) >= 11 is 0. The molecule has 2 bridgehead atoms. The maximum absolute atomic E-state index is 5.63. The van der Waals surface area contributed by atoms with E-state index in [1.807, 2.05) is 0 Å². The van der Waals surface area contributed by atoms with E-state index in [2.05, 4.69) is 39.9 Å². The Morgan fingerprint density at radius 1 is 1.24 bits per heavy atom. The van der Waals surface area contributed by atoms with Gasteiger partial charge < -0.3 is 9.64 Å². The van der Waals surface area contributed by atoms with Gasteiger partial charge >= 0.3 is 0 Å². The van der Waals surface area contributed by atoms with Gasteiger partial charge in [-0.25, -0.2) is 0 Å². The molecule has 5 rings (SSSR count). The van der Waals surface area contributed by atoms with Crippen LogP contribution in [0.1, 0.15) is 59.8 Å². The maximum Gasteiger partial charge on any atom is 0.122 e. The van der Waals surface area contributed by atoms with Crippen LogP contribution >= 0.6 is 0 Å². The molecule has 2 unspecified atom stereocenters. The molecule has 2 fully saturated rings. The lowest BCUT2D eigenvalue weighted by Gasteiger charge is -2.53. The maximum atomic E-state index is 5.63. The Morgan fingerprint density at radius 3 is 2.48 bits per heavy atom. The molecule has 4 aliphatic heterocycles. The summed E-state index contributed by atoms with van der Waals surface area (Å²) in [5, 5.41) is 0.539. The zero-order chi connectivity index (χ0) is 14.8. The third-order valence-electron chi connectivity index (χ3n) is 6.71. The first-order chi connectivity index (χ1) is 9.96. The van der Waals surface area contributed by atoms with Crippen LogP contribution in [0.25, 0.3) is 0 Å². The highest BCUT2D eigenvalue weighted by Gasteiger charge is 2.55. The van der Waals surface area contributed by atoms with Gasteiger partial charge in [-0.3, -0.25) is 0 Å². The second kappa shape index (κ2) is 4.53. The molecule has 0 saturated carbocycles. The van der Waals surface area contributed by atoms with Crippen molar-refractivity contribution < 1.29 is 4.74 Å². The van der Waals surface area contributed by atoms with E-state index in [-0.39, 0.29) is 0 Å². The molecule has 2 nitrogen and oxygen atoms in total. The van der Waals surface area contributed by atoms with Gasteiger partial charge in [0.05, 0.1) is 18.8 Å². The van der Waals surface area contributed by atoms with E-state index in [0.29, 0.717) is 16.9 Å². The number of allylic oxidation sites excluding steroid dienone is 1. The fraction of sp³-hybridized carbons (Fsp3) is 0.889. The molecule has 115 valence electrons. The number of hydrogen-bond acceptors (Lipinski definition) is 2. The highest BCUT2D eigenvalue weighted by Crippen LogP contribution is 2.62. The third-order valence-corrected chi connectivity index (χ3v) is 6.71. The Bertz CT molecular complexity index is 472. The molecule has 21 heavy (non-hydrogen) atoms. The van der Waals surface area contributed by atoms with Crippen molar-refractivity contribution in [1.29, 1.82) is 0 Å². The highest BCUT2D eigenvalue weighted by atomic mass is 16.5. The van der Waals surface area contributed by atoms with Crippen molar-refractivity contribution in [3.05, 3.63) is 11.3 Å². The van der Waals surface area contributed by atoms with Gasteiger partial charge in [-0.05, 0) is 51.0 Å². The van der Waals surface area contributed by atoms with E-state index in [0.717, 1.165) is 24.9 Å². The van der Waals surface area contributed by atoms with Gasteiger partial charge in [-0.15, -0.1) is 0 Å². The standard InChI is InChI=1S/C18H29BNO/c1-12(2)18-6-5-16-14(7-15(9-18)19-18)8-17(10-21-11-17)20(16)13(3)4/h12-13,15H,5-11H2,1-4H3. The molecule has 5 aliphatic rings. The molecule has 4 heterocycles. The van der Waals surface area contributed by atoms with Gasteiger partial charge in [0, 0.05) is 11.7 Å². The summed E-state index contributed by atoms with van der Waals surface area (Å²) in [5.41, 5.74) is 3.81. The number of nitrogens with zero attached hydrogens (tertiary/aromatic N) is 1. The van der Waals surface area contributed by atoms with E-state index in [9.17, 15) is 0 Å². The minimum Gasteiger partial charge on any atom is -0.376 e.